The Labute approximate surface area is 193 Å². The van der Waals surface area contributed by atoms with Gasteiger partial charge in [-0.3, -0.25) is 10.00 Å². The van der Waals surface area contributed by atoms with E-state index in [2.05, 4.69) is 20.6 Å². The van der Waals surface area contributed by atoms with Crippen LogP contribution in [0.2, 0.25) is 0 Å². The van der Waals surface area contributed by atoms with Crippen LogP contribution in [-0.2, 0) is 6.54 Å². The van der Waals surface area contributed by atoms with Gasteiger partial charge in [0.15, 0.2) is 0 Å². The Balaban J connectivity index is 1.56. The molecule has 0 fully saturated rings. The van der Waals surface area contributed by atoms with Crippen LogP contribution in [0.15, 0.2) is 72.5 Å². The van der Waals surface area contributed by atoms with Crippen molar-refractivity contribution in [3.05, 3.63) is 78.1 Å². The van der Waals surface area contributed by atoms with E-state index in [0.717, 1.165) is 37.9 Å². The second kappa shape index (κ2) is 8.38. The summed E-state index contributed by atoms with van der Waals surface area (Å²) in [7, 11) is 0. The third-order valence-corrected chi connectivity index (χ3v) is 6.51. The van der Waals surface area contributed by atoms with Crippen LogP contribution in [0.3, 0.4) is 0 Å². The molecule has 0 saturated heterocycles. The molecule has 7 N–H and O–H groups in total. The van der Waals surface area contributed by atoms with Gasteiger partial charge in [-0.25, -0.2) is 9.78 Å². The molecule has 9 heteroatoms. The van der Waals surface area contributed by atoms with Crippen LogP contribution >= 0.6 is 11.3 Å². The normalized spacial score (nSPS) is 11.1. The molecular weight excluding hydrogens is 434 g/mol. The minimum atomic E-state index is -0.573. The maximum Gasteiger partial charge on any atom is 0.323 e. The van der Waals surface area contributed by atoms with Crippen LogP contribution in [0, 0.1) is 0 Å². The van der Waals surface area contributed by atoms with Gasteiger partial charge in [0.2, 0.25) is 0 Å². The van der Waals surface area contributed by atoms with Crippen molar-refractivity contribution >= 4 is 44.6 Å². The lowest BCUT2D eigenvalue weighted by molar-refractivity contribution is 0.256. The first-order valence-electron chi connectivity index (χ1n) is 10.2. The number of hydrogen-bond acceptors (Lipinski definition) is 6. The molecule has 2 aromatic carbocycles. The molecule has 3 heterocycles. The smallest absolute Gasteiger partial charge is 0.323 e. The van der Waals surface area contributed by atoms with E-state index in [9.17, 15) is 4.79 Å². The van der Waals surface area contributed by atoms with E-state index in [0.29, 0.717) is 23.7 Å². The van der Waals surface area contributed by atoms with Gasteiger partial charge in [-0.1, -0.05) is 24.3 Å². The number of carbonyl (C=O) groups excluding carboxylic acids is 1. The molecule has 33 heavy (non-hydrogen) atoms. The van der Waals surface area contributed by atoms with Gasteiger partial charge >= 0.3 is 6.03 Å². The molecule has 0 radical (unpaired) electrons. The summed E-state index contributed by atoms with van der Waals surface area (Å²) in [5, 5.41) is 9.84. The lowest BCUT2D eigenvalue weighted by Gasteiger charge is -2.21. The second-order valence-electron chi connectivity index (χ2n) is 7.49. The molecule has 5 aromatic rings. The highest BCUT2D eigenvalue weighted by Crippen LogP contribution is 2.42. The fraction of sp³-hybridized carbons (Fsp3) is 0.0417. The van der Waals surface area contributed by atoms with Crippen LogP contribution < -0.4 is 22.1 Å². The van der Waals surface area contributed by atoms with Crippen molar-refractivity contribution in [3.63, 3.8) is 0 Å². The third-order valence-electron chi connectivity index (χ3n) is 5.50. The molecule has 0 bridgehead atoms. The number of thiophene rings is 1. The molecule has 0 aliphatic carbocycles. The van der Waals surface area contributed by atoms with Gasteiger partial charge in [0.25, 0.3) is 0 Å². The van der Waals surface area contributed by atoms with E-state index < -0.39 is 6.03 Å². The number of urea groups is 1. The summed E-state index contributed by atoms with van der Waals surface area (Å²) in [4.78, 5) is 18.1. The Kier molecular flexibility index (Phi) is 5.25. The predicted molar refractivity (Wildman–Crippen MR) is 133 cm³/mol. The zero-order valence-electron chi connectivity index (χ0n) is 17.5. The molecule has 3 aromatic heterocycles. The molecule has 164 valence electrons. The fourth-order valence-electron chi connectivity index (χ4n) is 3.90. The van der Waals surface area contributed by atoms with E-state index in [1.54, 1.807) is 23.7 Å². The van der Waals surface area contributed by atoms with Crippen LogP contribution in [0.4, 0.5) is 22.0 Å². The summed E-state index contributed by atoms with van der Waals surface area (Å²) in [6.07, 6.45) is 5.36. The standard InChI is InChI=1S/C24H21N7OS/c25-9-14-2-1-3-18(8-14)31(24(27)32)17-6-4-15(5-7-17)20-13-33-22-19(16-10-29-30-11-16)12-28-23(26)21(20)22/h1-8,10-13H,9,25H2,(H2,26,28)(H2,27,32)(H,29,30). The summed E-state index contributed by atoms with van der Waals surface area (Å²) < 4.78 is 1.04. The second-order valence-corrected chi connectivity index (χ2v) is 8.37. The molecule has 0 aliphatic rings. The first kappa shape index (κ1) is 20.7. The first-order valence-corrected chi connectivity index (χ1v) is 11.1. The van der Waals surface area contributed by atoms with Gasteiger partial charge in [0.1, 0.15) is 5.82 Å². The number of primary amides is 1. The topological polar surface area (TPSA) is 140 Å². The quantitative estimate of drug-likeness (QED) is 0.306. The van der Waals surface area contributed by atoms with Crippen molar-refractivity contribution in [3.8, 4) is 22.3 Å². The molecular formula is C24H21N7OS. The number of hydrogen-bond donors (Lipinski definition) is 4. The highest BCUT2D eigenvalue weighted by atomic mass is 32.1. The number of nitrogens with one attached hydrogen (secondary N) is 1. The number of rotatable bonds is 5. The van der Waals surface area contributed by atoms with Crippen LogP contribution in [0.25, 0.3) is 32.3 Å². The Morgan fingerprint density at radius 1 is 1.03 bits per heavy atom. The van der Waals surface area contributed by atoms with Crippen molar-refractivity contribution in [1.29, 1.82) is 0 Å². The van der Waals surface area contributed by atoms with Crippen molar-refractivity contribution < 1.29 is 4.79 Å². The number of nitrogens with zero attached hydrogens (tertiary/aromatic N) is 3. The van der Waals surface area contributed by atoms with E-state index >= 15 is 0 Å². The Bertz CT molecular complexity index is 1440. The molecule has 0 unspecified atom stereocenters. The number of H-pyrrole nitrogens is 1. The van der Waals surface area contributed by atoms with Crippen molar-refractivity contribution in [1.82, 2.24) is 15.2 Å². The Hall–Kier alpha value is -4.21. The maximum atomic E-state index is 12.3. The fourth-order valence-corrected chi connectivity index (χ4v) is 5.02. The van der Waals surface area contributed by atoms with E-state index in [1.165, 1.54) is 4.90 Å². The Morgan fingerprint density at radius 2 is 1.85 bits per heavy atom. The van der Waals surface area contributed by atoms with Gasteiger partial charge in [0, 0.05) is 45.7 Å². The molecule has 0 spiro atoms. The number of aromatic nitrogens is 3. The molecule has 8 nitrogen and oxygen atoms in total. The lowest BCUT2D eigenvalue weighted by Crippen LogP contribution is -2.31. The van der Waals surface area contributed by atoms with Gasteiger partial charge < -0.3 is 17.2 Å². The summed E-state index contributed by atoms with van der Waals surface area (Å²) in [6.45, 7) is 0.376. The minimum absolute atomic E-state index is 0.376. The number of anilines is 3. The lowest BCUT2D eigenvalue weighted by atomic mass is 10.0. The van der Waals surface area contributed by atoms with Gasteiger partial charge in [-0.15, -0.1) is 11.3 Å². The van der Waals surface area contributed by atoms with Gasteiger partial charge in [0.05, 0.1) is 17.6 Å². The maximum absolute atomic E-state index is 12.3. The number of nitrogens with two attached hydrogens (primary N) is 3. The molecule has 5 rings (SSSR count). The van der Waals surface area contributed by atoms with Gasteiger partial charge in [-0.2, -0.15) is 5.10 Å². The number of carbonyl (C=O) groups is 1. The number of nitrogen functional groups attached to an aromatic ring is 1. The highest BCUT2D eigenvalue weighted by molar-refractivity contribution is 7.18. The first-order chi connectivity index (χ1) is 16.1. The summed E-state index contributed by atoms with van der Waals surface area (Å²) >= 11 is 1.61. The summed E-state index contributed by atoms with van der Waals surface area (Å²) in [5.41, 5.74) is 23.8. The number of fused-ring (bicyclic) bond motifs is 1. The molecule has 0 saturated carbocycles. The summed E-state index contributed by atoms with van der Waals surface area (Å²) in [6, 6.07) is 14.5. The van der Waals surface area contributed by atoms with E-state index in [-0.39, 0.29) is 0 Å². The zero-order valence-corrected chi connectivity index (χ0v) is 18.3. The molecule has 0 aliphatic heterocycles. The summed E-state index contributed by atoms with van der Waals surface area (Å²) in [5.74, 6) is 0.468. The number of amides is 2. The van der Waals surface area contributed by atoms with Crippen molar-refractivity contribution in [2.75, 3.05) is 10.6 Å². The number of benzene rings is 2. The SMILES string of the molecule is NCc1cccc(N(C(N)=O)c2ccc(-c3csc4c(-c5cn[nH]c5)cnc(N)c34)cc2)c1. The monoisotopic (exact) mass is 455 g/mol. The average molecular weight is 456 g/mol. The molecule has 2 amide bonds. The number of pyridine rings is 1. The minimum Gasteiger partial charge on any atom is -0.383 e. The zero-order chi connectivity index (χ0) is 22.9. The highest BCUT2D eigenvalue weighted by Gasteiger charge is 2.18. The molecule has 0 atom stereocenters. The van der Waals surface area contributed by atoms with E-state index in [4.69, 9.17) is 17.2 Å². The Morgan fingerprint density at radius 3 is 2.55 bits per heavy atom. The predicted octanol–water partition coefficient (Wildman–Crippen LogP) is 4.61. The van der Waals surface area contributed by atoms with E-state index in [1.807, 2.05) is 54.7 Å². The van der Waals surface area contributed by atoms with Crippen molar-refractivity contribution in [2.24, 2.45) is 11.5 Å². The third kappa shape index (κ3) is 3.69. The number of aromatic amines is 1. The van der Waals surface area contributed by atoms with Crippen LogP contribution in [0.5, 0.6) is 0 Å². The van der Waals surface area contributed by atoms with Gasteiger partial charge in [-0.05, 0) is 40.8 Å². The van der Waals surface area contributed by atoms with Crippen molar-refractivity contribution in [2.45, 2.75) is 6.54 Å². The van der Waals surface area contributed by atoms with Crippen LogP contribution in [-0.4, -0.2) is 21.2 Å². The van der Waals surface area contributed by atoms with Crippen LogP contribution in [0.1, 0.15) is 5.56 Å². The largest absolute Gasteiger partial charge is 0.383 e. The average Bonchev–Trinajstić information content (AvgIpc) is 3.51.